The molecule has 68 valence electrons. The van der Waals surface area contributed by atoms with Gasteiger partial charge in [-0.3, -0.25) is 0 Å². The van der Waals surface area contributed by atoms with Crippen molar-refractivity contribution >= 4 is 22.5 Å². The first-order valence-corrected chi connectivity index (χ1v) is 4.87. The zero-order valence-corrected chi connectivity index (χ0v) is 8.57. The van der Waals surface area contributed by atoms with E-state index in [4.69, 9.17) is 11.6 Å². The molecule has 2 rings (SSSR count). The Bertz CT molecular complexity index is 443. The molecule has 0 amide bonds. The number of benzene rings is 1. The number of nitrogens with one attached hydrogen (secondary N) is 1. The third kappa shape index (κ3) is 1.24. The highest BCUT2D eigenvalue weighted by Gasteiger charge is 2.07. The molecule has 1 heterocycles. The van der Waals surface area contributed by atoms with Crippen LogP contribution in [0.4, 0.5) is 0 Å². The van der Waals surface area contributed by atoms with Crippen molar-refractivity contribution in [3.05, 3.63) is 34.5 Å². The van der Waals surface area contributed by atoms with Crippen molar-refractivity contribution < 1.29 is 0 Å². The van der Waals surface area contributed by atoms with E-state index in [1.165, 1.54) is 16.6 Å². The van der Waals surface area contributed by atoms with Crippen molar-refractivity contribution in [2.45, 2.75) is 20.3 Å². The van der Waals surface area contributed by atoms with Crippen molar-refractivity contribution in [2.24, 2.45) is 0 Å². The van der Waals surface area contributed by atoms with Crippen LogP contribution in [0.2, 0.25) is 5.02 Å². The second-order valence-corrected chi connectivity index (χ2v) is 3.65. The smallest absolute Gasteiger partial charge is 0.0648 e. The van der Waals surface area contributed by atoms with Crippen LogP contribution in [0.5, 0.6) is 0 Å². The molecule has 1 aromatic carbocycles. The first-order chi connectivity index (χ1) is 6.24. The highest BCUT2D eigenvalue weighted by atomic mass is 35.5. The third-order valence-electron chi connectivity index (χ3n) is 2.50. The Morgan fingerprint density at radius 1 is 1.38 bits per heavy atom. The lowest BCUT2D eigenvalue weighted by molar-refractivity contribution is 1.05. The second kappa shape index (κ2) is 3.08. The fourth-order valence-corrected chi connectivity index (χ4v) is 1.95. The van der Waals surface area contributed by atoms with Gasteiger partial charge in [0.2, 0.25) is 0 Å². The van der Waals surface area contributed by atoms with E-state index in [9.17, 15) is 0 Å². The van der Waals surface area contributed by atoms with Gasteiger partial charge in [-0.2, -0.15) is 0 Å². The molecule has 1 N–H and O–H groups in total. The SMILES string of the molecule is CCc1[nH]c2c(Cl)cccc2c1C. The van der Waals surface area contributed by atoms with Crippen molar-refractivity contribution in [2.75, 3.05) is 0 Å². The quantitative estimate of drug-likeness (QED) is 0.711. The Kier molecular flexibility index (Phi) is 2.04. The van der Waals surface area contributed by atoms with Crippen LogP contribution in [0.3, 0.4) is 0 Å². The number of hydrogen-bond donors (Lipinski definition) is 1. The van der Waals surface area contributed by atoms with Crippen molar-refractivity contribution in [1.82, 2.24) is 4.98 Å². The number of aryl methyl sites for hydroxylation is 2. The highest BCUT2D eigenvalue weighted by Crippen LogP contribution is 2.27. The predicted molar refractivity (Wildman–Crippen MR) is 57.4 cm³/mol. The molecule has 0 aliphatic heterocycles. The van der Waals surface area contributed by atoms with Gasteiger partial charge in [-0.1, -0.05) is 30.7 Å². The average Bonchev–Trinajstić information content (AvgIpc) is 2.45. The lowest BCUT2D eigenvalue weighted by atomic mass is 10.1. The number of hydrogen-bond acceptors (Lipinski definition) is 0. The number of aromatic nitrogens is 1. The molecule has 0 saturated heterocycles. The minimum absolute atomic E-state index is 0.806. The molecule has 0 saturated carbocycles. The van der Waals surface area contributed by atoms with E-state index in [1.807, 2.05) is 12.1 Å². The average molecular weight is 194 g/mol. The summed E-state index contributed by atoms with van der Waals surface area (Å²) in [4.78, 5) is 3.35. The summed E-state index contributed by atoms with van der Waals surface area (Å²) < 4.78 is 0. The van der Waals surface area contributed by atoms with Gasteiger partial charge in [0.1, 0.15) is 0 Å². The summed E-state index contributed by atoms with van der Waals surface area (Å²) in [6.45, 7) is 4.28. The molecule has 0 unspecified atom stereocenters. The number of H-pyrrole nitrogens is 1. The largest absolute Gasteiger partial charge is 0.357 e. The standard InChI is InChI=1S/C11H12ClN/c1-3-10-7(2)8-5-4-6-9(12)11(8)13-10/h4-6,13H,3H2,1-2H3. The monoisotopic (exact) mass is 193 g/mol. The fourth-order valence-electron chi connectivity index (χ4n) is 1.72. The molecule has 0 aliphatic carbocycles. The van der Waals surface area contributed by atoms with Crippen LogP contribution in [0, 0.1) is 6.92 Å². The van der Waals surface area contributed by atoms with E-state index >= 15 is 0 Å². The van der Waals surface area contributed by atoms with Crippen LogP contribution in [-0.4, -0.2) is 4.98 Å². The molecule has 0 aliphatic rings. The molecule has 2 heteroatoms. The van der Waals surface area contributed by atoms with Gasteiger partial charge in [-0.05, 0) is 25.0 Å². The summed E-state index contributed by atoms with van der Waals surface area (Å²) in [6.07, 6.45) is 1.02. The van der Waals surface area contributed by atoms with E-state index in [1.54, 1.807) is 0 Å². The molecule has 0 bridgehead atoms. The number of para-hydroxylation sites is 1. The van der Waals surface area contributed by atoms with Crippen LogP contribution >= 0.6 is 11.6 Å². The summed E-state index contributed by atoms with van der Waals surface area (Å²) in [5.41, 5.74) is 3.67. The Balaban J connectivity index is 2.83. The molecule has 0 fully saturated rings. The first-order valence-electron chi connectivity index (χ1n) is 4.49. The first kappa shape index (κ1) is 8.64. The zero-order chi connectivity index (χ0) is 9.42. The lowest BCUT2D eigenvalue weighted by Gasteiger charge is -1.92. The molecule has 2 aromatic rings. The topological polar surface area (TPSA) is 15.8 Å². The van der Waals surface area contributed by atoms with E-state index in [-0.39, 0.29) is 0 Å². The molecule has 1 nitrogen and oxygen atoms in total. The van der Waals surface area contributed by atoms with Crippen LogP contribution in [0.25, 0.3) is 10.9 Å². The Morgan fingerprint density at radius 2 is 2.15 bits per heavy atom. The van der Waals surface area contributed by atoms with Crippen LogP contribution < -0.4 is 0 Å². The molecule has 1 aromatic heterocycles. The van der Waals surface area contributed by atoms with Gasteiger partial charge in [0.05, 0.1) is 10.5 Å². The van der Waals surface area contributed by atoms with Crippen LogP contribution in [0.15, 0.2) is 18.2 Å². The van der Waals surface area contributed by atoms with E-state index < -0.39 is 0 Å². The summed E-state index contributed by atoms with van der Waals surface area (Å²) in [5.74, 6) is 0. The van der Waals surface area contributed by atoms with Gasteiger partial charge in [0.25, 0.3) is 0 Å². The number of fused-ring (bicyclic) bond motifs is 1. The maximum absolute atomic E-state index is 6.07. The van der Waals surface area contributed by atoms with Gasteiger partial charge >= 0.3 is 0 Å². The summed E-state index contributed by atoms with van der Waals surface area (Å²) in [6, 6.07) is 6.01. The summed E-state index contributed by atoms with van der Waals surface area (Å²) in [5, 5.41) is 2.05. The van der Waals surface area contributed by atoms with Crippen molar-refractivity contribution in [1.29, 1.82) is 0 Å². The Morgan fingerprint density at radius 3 is 2.77 bits per heavy atom. The van der Waals surface area contributed by atoms with Gasteiger partial charge in [-0.25, -0.2) is 0 Å². The molecule has 0 atom stereocenters. The molecular formula is C11H12ClN. The maximum Gasteiger partial charge on any atom is 0.0648 e. The molecule has 13 heavy (non-hydrogen) atoms. The Labute approximate surface area is 82.7 Å². The summed E-state index contributed by atoms with van der Waals surface area (Å²) in [7, 11) is 0. The van der Waals surface area contributed by atoms with Crippen LogP contribution in [-0.2, 0) is 6.42 Å². The minimum atomic E-state index is 0.806. The van der Waals surface area contributed by atoms with Gasteiger partial charge in [0.15, 0.2) is 0 Å². The van der Waals surface area contributed by atoms with Gasteiger partial charge in [0, 0.05) is 11.1 Å². The second-order valence-electron chi connectivity index (χ2n) is 3.24. The van der Waals surface area contributed by atoms with Crippen LogP contribution in [0.1, 0.15) is 18.2 Å². The zero-order valence-electron chi connectivity index (χ0n) is 7.82. The normalized spacial score (nSPS) is 11.0. The van der Waals surface area contributed by atoms with E-state index in [0.29, 0.717) is 0 Å². The Hall–Kier alpha value is -0.950. The lowest BCUT2D eigenvalue weighted by Crippen LogP contribution is -1.80. The maximum atomic E-state index is 6.07. The molecular weight excluding hydrogens is 182 g/mol. The minimum Gasteiger partial charge on any atom is -0.357 e. The van der Waals surface area contributed by atoms with Gasteiger partial charge < -0.3 is 4.98 Å². The van der Waals surface area contributed by atoms with Crippen molar-refractivity contribution in [3.8, 4) is 0 Å². The highest BCUT2D eigenvalue weighted by molar-refractivity contribution is 6.35. The number of aromatic amines is 1. The van der Waals surface area contributed by atoms with Gasteiger partial charge in [-0.15, -0.1) is 0 Å². The molecule has 0 radical (unpaired) electrons. The van der Waals surface area contributed by atoms with E-state index in [2.05, 4.69) is 24.9 Å². The molecule has 0 spiro atoms. The predicted octanol–water partition coefficient (Wildman–Crippen LogP) is 3.69. The number of rotatable bonds is 1. The summed E-state index contributed by atoms with van der Waals surface area (Å²) >= 11 is 6.07. The fraction of sp³-hybridized carbons (Fsp3) is 0.273. The number of halogens is 1. The van der Waals surface area contributed by atoms with E-state index in [0.717, 1.165) is 17.0 Å². The van der Waals surface area contributed by atoms with Crippen molar-refractivity contribution in [3.63, 3.8) is 0 Å². The third-order valence-corrected chi connectivity index (χ3v) is 2.81.